The van der Waals surface area contributed by atoms with Gasteiger partial charge in [-0.1, -0.05) is 31.0 Å². The highest BCUT2D eigenvalue weighted by Crippen LogP contribution is 2.34. The fraction of sp³-hybridized carbons (Fsp3) is 0.556. The quantitative estimate of drug-likeness (QED) is 0.839. The van der Waals surface area contributed by atoms with Crippen molar-refractivity contribution < 1.29 is 14.7 Å². The molecule has 2 aliphatic rings. The number of benzene rings is 1. The SMILES string of the molecule is O=C(O)CN(CC(=O)N(C1CCCC1)C1CC1)c1ccccc1. The summed E-state index contributed by atoms with van der Waals surface area (Å²) in [7, 11) is 0. The minimum absolute atomic E-state index is 0.0736. The highest BCUT2D eigenvalue weighted by molar-refractivity contribution is 5.84. The molecule has 1 aromatic carbocycles. The number of anilines is 1. The van der Waals surface area contributed by atoms with E-state index >= 15 is 0 Å². The molecule has 1 N–H and O–H groups in total. The molecule has 2 aliphatic carbocycles. The fourth-order valence-corrected chi connectivity index (χ4v) is 3.53. The average Bonchev–Trinajstić information content (AvgIpc) is 3.21. The molecule has 0 aliphatic heterocycles. The van der Waals surface area contributed by atoms with E-state index in [1.165, 1.54) is 12.8 Å². The molecule has 0 saturated heterocycles. The number of hydrogen-bond acceptors (Lipinski definition) is 3. The largest absolute Gasteiger partial charge is 0.480 e. The number of aliphatic carboxylic acids is 1. The second-order valence-electron chi connectivity index (χ2n) is 6.56. The standard InChI is InChI=1S/C18H24N2O3/c21-17(20(16-10-11-16)15-8-4-5-9-15)12-19(13-18(22)23)14-6-2-1-3-7-14/h1-3,6-7,15-16H,4-5,8-13H2,(H,22,23). The average molecular weight is 316 g/mol. The van der Waals surface area contributed by atoms with E-state index in [4.69, 9.17) is 5.11 Å². The molecule has 1 amide bonds. The normalized spacial score (nSPS) is 17.9. The van der Waals surface area contributed by atoms with E-state index in [9.17, 15) is 9.59 Å². The molecule has 124 valence electrons. The first-order valence-electron chi connectivity index (χ1n) is 8.48. The smallest absolute Gasteiger partial charge is 0.323 e. The molecule has 0 bridgehead atoms. The van der Waals surface area contributed by atoms with Crippen molar-refractivity contribution in [3.8, 4) is 0 Å². The predicted molar refractivity (Wildman–Crippen MR) is 88.4 cm³/mol. The lowest BCUT2D eigenvalue weighted by molar-refractivity contribution is -0.135. The molecular weight excluding hydrogens is 292 g/mol. The van der Waals surface area contributed by atoms with E-state index in [2.05, 4.69) is 4.90 Å². The van der Waals surface area contributed by atoms with Gasteiger partial charge in [0.05, 0.1) is 6.54 Å². The molecule has 0 unspecified atom stereocenters. The number of hydrogen-bond donors (Lipinski definition) is 1. The van der Waals surface area contributed by atoms with Crippen LogP contribution in [0.4, 0.5) is 5.69 Å². The summed E-state index contributed by atoms with van der Waals surface area (Å²) >= 11 is 0. The number of carboxylic acids is 1. The highest BCUT2D eigenvalue weighted by Gasteiger charge is 2.38. The van der Waals surface area contributed by atoms with Crippen molar-refractivity contribution in [1.82, 2.24) is 4.90 Å². The third kappa shape index (κ3) is 4.03. The van der Waals surface area contributed by atoms with Crippen LogP contribution in [0.1, 0.15) is 38.5 Å². The predicted octanol–water partition coefficient (Wildman–Crippen LogP) is 2.51. The maximum atomic E-state index is 12.9. The molecule has 2 fully saturated rings. The van der Waals surface area contributed by atoms with Crippen LogP contribution < -0.4 is 4.90 Å². The Kier molecular flexibility index (Phi) is 4.84. The Hall–Kier alpha value is -2.04. The third-order valence-corrected chi connectivity index (χ3v) is 4.72. The Morgan fingerprint density at radius 2 is 1.57 bits per heavy atom. The molecule has 5 nitrogen and oxygen atoms in total. The molecule has 2 saturated carbocycles. The number of carboxylic acid groups (broad SMARTS) is 1. The molecule has 0 radical (unpaired) electrons. The van der Waals surface area contributed by atoms with Gasteiger partial charge in [-0.3, -0.25) is 9.59 Å². The molecule has 1 aromatic rings. The second-order valence-corrected chi connectivity index (χ2v) is 6.56. The van der Waals surface area contributed by atoms with E-state index in [0.717, 1.165) is 31.4 Å². The molecule has 5 heteroatoms. The van der Waals surface area contributed by atoms with Gasteiger partial charge in [0.25, 0.3) is 0 Å². The van der Waals surface area contributed by atoms with Gasteiger partial charge in [-0.05, 0) is 37.8 Å². The second kappa shape index (κ2) is 7.02. The Balaban J connectivity index is 1.72. The minimum atomic E-state index is -0.916. The van der Waals surface area contributed by atoms with E-state index in [1.807, 2.05) is 30.3 Å². The number of nitrogens with zero attached hydrogens (tertiary/aromatic N) is 2. The van der Waals surface area contributed by atoms with Crippen molar-refractivity contribution in [3.05, 3.63) is 30.3 Å². The summed E-state index contributed by atoms with van der Waals surface area (Å²) in [4.78, 5) is 27.8. The van der Waals surface area contributed by atoms with Gasteiger partial charge in [0.2, 0.25) is 5.91 Å². The van der Waals surface area contributed by atoms with Crippen LogP contribution in [0.15, 0.2) is 30.3 Å². The lowest BCUT2D eigenvalue weighted by Gasteiger charge is -2.32. The molecule has 0 aromatic heterocycles. The Morgan fingerprint density at radius 3 is 2.13 bits per heavy atom. The minimum Gasteiger partial charge on any atom is -0.480 e. The summed E-state index contributed by atoms with van der Waals surface area (Å²) in [5, 5.41) is 9.16. The van der Waals surface area contributed by atoms with E-state index in [0.29, 0.717) is 12.1 Å². The Morgan fingerprint density at radius 1 is 0.957 bits per heavy atom. The molecular formula is C18H24N2O3. The van der Waals surface area contributed by atoms with Gasteiger partial charge in [0.1, 0.15) is 6.54 Å². The summed E-state index contributed by atoms with van der Waals surface area (Å²) in [6.45, 7) is -0.0117. The van der Waals surface area contributed by atoms with Crippen molar-refractivity contribution in [3.63, 3.8) is 0 Å². The molecule has 3 rings (SSSR count). The highest BCUT2D eigenvalue weighted by atomic mass is 16.4. The van der Waals surface area contributed by atoms with Crippen molar-refractivity contribution in [2.24, 2.45) is 0 Å². The summed E-state index contributed by atoms with van der Waals surface area (Å²) < 4.78 is 0. The maximum absolute atomic E-state index is 12.9. The van der Waals surface area contributed by atoms with Crippen LogP contribution in [0, 0.1) is 0 Å². The van der Waals surface area contributed by atoms with Gasteiger partial charge < -0.3 is 14.9 Å². The number of carbonyl (C=O) groups excluding carboxylic acids is 1. The van der Waals surface area contributed by atoms with E-state index in [-0.39, 0.29) is 19.0 Å². The summed E-state index contributed by atoms with van der Waals surface area (Å²) in [6.07, 6.45) is 6.75. The number of para-hydroxylation sites is 1. The zero-order valence-electron chi connectivity index (χ0n) is 13.4. The van der Waals surface area contributed by atoms with Gasteiger partial charge in [0, 0.05) is 17.8 Å². The van der Waals surface area contributed by atoms with E-state index in [1.54, 1.807) is 4.90 Å². The zero-order chi connectivity index (χ0) is 16.2. The van der Waals surface area contributed by atoms with Crippen molar-refractivity contribution in [2.75, 3.05) is 18.0 Å². The summed E-state index contributed by atoms with van der Waals surface area (Å²) in [5.74, 6) is -0.843. The van der Waals surface area contributed by atoms with Gasteiger partial charge >= 0.3 is 5.97 Å². The van der Waals surface area contributed by atoms with Crippen molar-refractivity contribution in [1.29, 1.82) is 0 Å². The first kappa shape index (κ1) is 15.8. The van der Waals surface area contributed by atoms with Gasteiger partial charge in [-0.15, -0.1) is 0 Å². The number of rotatable bonds is 7. The van der Waals surface area contributed by atoms with Crippen LogP contribution in [0.2, 0.25) is 0 Å². The van der Waals surface area contributed by atoms with Crippen LogP contribution >= 0.6 is 0 Å². The van der Waals surface area contributed by atoms with Crippen LogP contribution in [-0.4, -0.2) is 47.1 Å². The maximum Gasteiger partial charge on any atom is 0.323 e. The number of carbonyl (C=O) groups is 2. The Labute approximate surface area is 136 Å². The lowest BCUT2D eigenvalue weighted by atomic mass is 10.2. The zero-order valence-corrected chi connectivity index (χ0v) is 13.4. The van der Waals surface area contributed by atoms with Gasteiger partial charge in [-0.2, -0.15) is 0 Å². The molecule has 0 spiro atoms. The Bertz CT molecular complexity index is 551. The lowest BCUT2D eigenvalue weighted by Crippen LogP contribution is -2.47. The van der Waals surface area contributed by atoms with Crippen LogP contribution in [0.25, 0.3) is 0 Å². The van der Waals surface area contributed by atoms with Crippen molar-refractivity contribution in [2.45, 2.75) is 50.6 Å². The van der Waals surface area contributed by atoms with Gasteiger partial charge in [0.15, 0.2) is 0 Å². The van der Waals surface area contributed by atoms with E-state index < -0.39 is 5.97 Å². The molecule has 0 heterocycles. The number of amides is 1. The van der Waals surface area contributed by atoms with Crippen LogP contribution in [-0.2, 0) is 9.59 Å². The summed E-state index contributed by atoms with van der Waals surface area (Å²) in [5.41, 5.74) is 0.783. The van der Waals surface area contributed by atoms with Crippen LogP contribution in [0.5, 0.6) is 0 Å². The summed E-state index contributed by atoms with van der Waals surface area (Å²) in [6, 6.07) is 10.1. The fourth-order valence-electron chi connectivity index (χ4n) is 3.53. The molecule has 0 atom stereocenters. The first-order valence-corrected chi connectivity index (χ1v) is 8.48. The topological polar surface area (TPSA) is 60.9 Å². The first-order chi connectivity index (χ1) is 11.1. The third-order valence-electron chi connectivity index (χ3n) is 4.72. The van der Waals surface area contributed by atoms with Crippen LogP contribution in [0.3, 0.4) is 0 Å². The van der Waals surface area contributed by atoms with Gasteiger partial charge in [-0.25, -0.2) is 0 Å². The monoisotopic (exact) mass is 316 g/mol. The van der Waals surface area contributed by atoms with Crippen molar-refractivity contribution >= 4 is 17.6 Å². The molecule has 23 heavy (non-hydrogen) atoms.